The van der Waals surface area contributed by atoms with Gasteiger partial charge < -0.3 is 14.2 Å². The van der Waals surface area contributed by atoms with Gasteiger partial charge in [0.25, 0.3) is 11.8 Å². The van der Waals surface area contributed by atoms with Gasteiger partial charge in [-0.3, -0.25) is 14.4 Å². The molecule has 2 amide bonds. The van der Waals surface area contributed by atoms with E-state index in [9.17, 15) is 14.4 Å². The van der Waals surface area contributed by atoms with Gasteiger partial charge in [-0.1, -0.05) is 32.0 Å². The highest BCUT2D eigenvalue weighted by Gasteiger charge is 2.64. The van der Waals surface area contributed by atoms with Gasteiger partial charge in [-0.2, -0.15) is 0 Å². The molecule has 0 fully saturated rings. The fourth-order valence-corrected chi connectivity index (χ4v) is 5.22. The van der Waals surface area contributed by atoms with Crippen molar-refractivity contribution in [2.75, 3.05) is 18.0 Å². The number of fused-ring (bicyclic) bond motifs is 5. The monoisotopic (exact) mass is 430 g/mol. The largest absolute Gasteiger partial charge is 0.450 e. The predicted molar refractivity (Wildman–Crippen MR) is 123 cm³/mol. The standard InChI is InChI=1S/C26H26N2O4/c1-5-11-27-19-10-8-7-9-18(19)26(25(27)31)21-22(29)17-13-15(3)16(4)14-20(17)32-23(21)24(30)28(26)12-6-2/h7-10,13-14H,5-6,11-12H2,1-4H3. The van der Waals surface area contributed by atoms with Crippen LogP contribution in [0.2, 0.25) is 0 Å². The molecule has 1 aromatic heterocycles. The van der Waals surface area contributed by atoms with Gasteiger partial charge in [-0.15, -0.1) is 0 Å². The molecular formula is C26H26N2O4. The van der Waals surface area contributed by atoms with Crippen molar-refractivity contribution >= 4 is 28.5 Å². The molecule has 0 radical (unpaired) electrons. The molecule has 0 saturated heterocycles. The van der Waals surface area contributed by atoms with Gasteiger partial charge in [0.1, 0.15) is 5.58 Å². The van der Waals surface area contributed by atoms with Crippen molar-refractivity contribution < 1.29 is 14.0 Å². The Balaban J connectivity index is 1.93. The fourth-order valence-electron chi connectivity index (χ4n) is 5.22. The van der Waals surface area contributed by atoms with Crippen LogP contribution in [-0.2, 0) is 10.3 Å². The molecule has 6 nitrogen and oxygen atoms in total. The lowest BCUT2D eigenvalue weighted by molar-refractivity contribution is -0.126. The minimum Gasteiger partial charge on any atom is -0.450 e. The van der Waals surface area contributed by atoms with E-state index in [0.29, 0.717) is 36.0 Å². The number of nitrogens with zero attached hydrogens (tertiary/aromatic N) is 2. The SMILES string of the molecule is CCCN1C(=O)C2(c3ccccc31)c1c(oc3cc(C)c(C)cc3c1=O)C(=O)N2CCC. The second-order valence-corrected chi connectivity index (χ2v) is 8.71. The van der Waals surface area contributed by atoms with E-state index in [2.05, 4.69) is 0 Å². The molecule has 0 aliphatic carbocycles. The van der Waals surface area contributed by atoms with E-state index >= 15 is 0 Å². The minimum absolute atomic E-state index is 0.0132. The average molecular weight is 431 g/mol. The first-order chi connectivity index (χ1) is 15.4. The van der Waals surface area contributed by atoms with Crippen LogP contribution < -0.4 is 10.3 Å². The summed E-state index contributed by atoms with van der Waals surface area (Å²) in [6.07, 6.45) is 1.41. The van der Waals surface area contributed by atoms with Crippen LogP contribution in [0.1, 0.15) is 59.5 Å². The summed E-state index contributed by atoms with van der Waals surface area (Å²) in [6, 6.07) is 11.1. The van der Waals surface area contributed by atoms with Crippen molar-refractivity contribution in [2.45, 2.75) is 46.1 Å². The van der Waals surface area contributed by atoms with E-state index in [1.54, 1.807) is 21.9 Å². The van der Waals surface area contributed by atoms with Gasteiger partial charge in [-0.25, -0.2) is 0 Å². The van der Waals surface area contributed by atoms with Crippen LogP contribution in [0.25, 0.3) is 11.0 Å². The fraction of sp³-hybridized carbons (Fsp3) is 0.346. The number of anilines is 1. The lowest BCUT2D eigenvalue weighted by atomic mass is 9.83. The van der Waals surface area contributed by atoms with Crippen LogP contribution in [0, 0.1) is 13.8 Å². The van der Waals surface area contributed by atoms with Crippen molar-refractivity contribution in [3.8, 4) is 0 Å². The first kappa shape index (κ1) is 20.5. The second-order valence-electron chi connectivity index (χ2n) is 8.71. The Kier molecular flexibility index (Phi) is 4.52. The number of carbonyl (C=O) groups excluding carboxylic acids is 2. The molecule has 1 unspecified atom stereocenters. The van der Waals surface area contributed by atoms with Gasteiger partial charge >= 0.3 is 0 Å². The zero-order chi connectivity index (χ0) is 22.8. The molecule has 0 bridgehead atoms. The van der Waals surface area contributed by atoms with E-state index < -0.39 is 11.4 Å². The van der Waals surface area contributed by atoms with Gasteiger partial charge in [0.05, 0.1) is 16.6 Å². The molecule has 0 saturated carbocycles. The quantitative estimate of drug-likeness (QED) is 0.620. The Labute approximate surface area is 186 Å². The van der Waals surface area contributed by atoms with Gasteiger partial charge in [0, 0.05) is 18.7 Å². The summed E-state index contributed by atoms with van der Waals surface area (Å²) in [5.41, 5.74) is 2.10. The Hall–Kier alpha value is -3.41. The molecule has 1 spiro atoms. The van der Waals surface area contributed by atoms with Crippen LogP contribution in [0.15, 0.2) is 45.6 Å². The zero-order valence-electron chi connectivity index (χ0n) is 18.8. The Morgan fingerprint density at radius 2 is 1.62 bits per heavy atom. The lowest BCUT2D eigenvalue weighted by Gasteiger charge is -2.34. The normalized spacial score (nSPS) is 19.4. The molecule has 0 N–H and O–H groups in total. The smallest absolute Gasteiger partial charge is 0.291 e. The molecule has 3 heterocycles. The summed E-state index contributed by atoms with van der Waals surface area (Å²) in [7, 11) is 0. The summed E-state index contributed by atoms with van der Waals surface area (Å²) >= 11 is 0. The third kappa shape index (κ3) is 2.38. The maximum atomic E-state index is 14.1. The Bertz CT molecular complexity index is 1360. The van der Waals surface area contributed by atoms with Gasteiger partial charge in [0.15, 0.2) is 11.0 Å². The van der Waals surface area contributed by atoms with Crippen LogP contribution in [0.4, 0.5) is 5.69 Å². The zero-order valence-corrected chi connectivity index (χ0v) is 18.8. The summed E-state index contributed by atoms with van der Waals surface area (Å²) in [5, 5.41) is 0.400. The number of carbonyl (C=O) groups is 2. The maximum absolute atomic E-state index is 14.1. The van der Waals surface area contributed by atoms with E-state index in [-0.39, 0.29) is 22.7 Å². The molecule has 5 rings (SSSR count). The number of rotatable bonds is 4. The molecule has 2 aromatic carbocycles. The summed E-state index contributed by atoms with van der Waals surface area (Å²) in [4.78, 5) is 45.0. The average Bonchev–Trinajstić information content (AvgIpc) is 3.16. The van der Waals surface area contributed by atoms with Crippen LogP contribution >= 0.6 is 0 Å². The van der Waals surface area contributed by atoms with Crippen LogP contribution in [0.5, 0.6) is 0 Å². The number of hydrogen-bond acceptors (Lipinski definition) is 4. The van der Waals surface area contributed by atoms with E-state index in [1.165, 1.54) is 0 Å². The van der Waals surface area contributed by atoms with E-state index in [1.807, 2.05) is 52.0 Å². The summed E-state index contributed by atoms with van der Waals surface area (Å²) < 4.78 is 6.09. The minimum atomic E-state index is -1.48. The number of aryl methyl sites for hydroxylation is 2. The number of amides is 2. The first-order valence-electron chi connectivity index (χ1n) is 11.2. The van der Waals surface area contributed by atoms with Crippen molar-refractivity contribution in [1.29, 1.82) is 0 Å². The second kappa shape index (κ2) is 7.05. The van der Waals surface area contributed by atoms with E-state index in [0.717, 1.165) is 23.2 Å². The third-order valence-corrected chi connectivity index (χ3v) is 6.75. The Morgan fingerprint density at radius 3 is 2.34 bits per heavy atom. The highest BCUT2D eigenvalue weighted by atomic mass is 16.3. The predicted octanol–water partition coefficient (Wildman–Crippen LogP) is 4.28. The molecular weight excluding hydrogens is 404 g/mol. The van der Waals surface area contributed by atoms with Crippen molar-refractivity contribution in [1.82, 2.24) is 4.90 Å². The lowest BCUT2D eigenvalue weighted by Crippen LogP contribution is -2.53. The summed E-state index contributed by atoms with van der Waals surface area (Å²) in [6.45, 7) is 8.69. The molecule has 6 heteroatoms. The molecule has 2 aliphatic rings. The van der Waals surface area contributed by atoms with Crippen molar-refractivity contribution in [3.05, 3.63) is 74.6 Å². The maximum Gasteiger partial charge on any atom is 0.291 e. The first-order valence-corrected chi connectivity index (χ1v) is 11.2. The number of hydrogen-bond donors (Lipinski definition) is 0. The van der Waals surface area contributed by atoms with Gasteiger partial charge in [-0.05, 0) is 56.0 Å². The highest BCUT2D eigenvalue weighted by Crippen LogP contribution is 2.52. The number of benzene rings is 2. The van der Waals surface area contributed by atoms with Crippen LogP contribution in [0.3, 0.4) is 0 Å². The molecule has 32 heavy (non-hydrogen) atoms. The molecule has 2 aliphatic heterocycles. The Morgan fingerprint density at radius 1 is 0.938 bits per heavy atom. The molecule has 3 aromatic rings. The van der Waals surface area contributed by atoms with Gasteiger partial charge in [0.2, 0.25) is 5.76 Å². The summed E-state index contributed by atoms with van der Waals surface area (Å²) in [5.74, 6) is -0.669. The van der Waals surface area contributed by atoms with Crippen LogP contribution in [-0.4, -0.2) is 29.8 Å². The van der Waals surface area contributed by atoms with Crippen molar-refractivity contribution in [3.63, 3.8) is 0 Å². The molecule has 1 atom stereocenters. The molecule has 164 valence electrons. The number of para-hydroxylation sites is 1. The topological polar surface area (TPSA) is 70.8 Å². The third-order valence-electron chi connectivity index (χ3n) is 6.75. The van der Waals surface area contributed by atoms with E-state index in [4.69, 9.17) is 4.42 Å². The highest BCUT2D eigenvalue weighted by molar-refractivity contribution is 6.17. The van der Waals surface area contributed by atoms with Crippen molar-refractivity contribution in [2.24, 2.45) is 0 Å².